The maximum absolute atomic E-state index is 13.1. The molecular formula is C12H14FNS. The third kappa shape index (κ3) is 1.63. The molecule has 1 nitrogen and oxygen atoms in total. The minimum Gasteiger partial charge on any atom is -0.383 e. The Labute approximate surface area is 93.4 Å². The third-order valence-electron chi connectivity index (χ3n) is 3.54. The molecule has 1 saturated carbocycles. The number of hydrogen-bond acceptors (Lipinski definition) is 2. The number of thioether (sulfide) groups is 1. The number of nitrogens with one attached hydrogen (secondary N) is 1. The second kappa shape index (κ2) is 3.41. The molecule has 1 spiro atoms. The molecule has 0 unspecified atom stereocenters. The first-order valence-corrected chi connectivity index (χ1v) is 6.42. The first-order chi connectivity index (χ1) is 7.27. The third-order valence-corrected chi connectivity index (χ3v) is 4.97. The van der Waals surface area contributed by atoms with Crippen LogP contribution in [-0.4, -0.2) is 12.3 Å². The Balaban J connectivity index is 1.88. The van der Waals surface area contributed by atoms with E-state index in [-0.39, 0.29) is 5.82 Å². The molecule has 1 heterocycles. The van der Waals surface area contributed by atoms with Gasteiger partial charge in [-0.1, -0.05) is 6.42 Å². The number of fused-ring (bicyclic) bond motifs is 1. The van der Waals surface area contributed by atoms with Gasteiger partial charge in [0.05, 0.1) is 5.69 Å². The van der Waals surface area contributed by atoms with E-state index in [0.29, 0.717) is 5.41 Å². The molecule has 1 aliphatic heterocycles. The lowest BCUT2D eigenvalue weighted by atomic mass is 9.70. The van der Waals surface area contributed by atoms with Gasteiger partial charge in [-0.2, -0.15) is 0 Å². The predicted octanol–water partition coefficient (Wildman–Crippen LogP) is 3.51. The summed E-state index contributed by atoms with van der Waals surface area (Å²) in [4.78, 5) is 1.19. The summed E-state index contributed by atoms with van der Waals surface area (Å²) in [6.07, 6.45) is 4.00. The topological polar surface area (TPSA) is 12.0 Å². The van der Waals surface area contributed by atoms with Crippen molar-refractivity contribution in [3.05, 3.63) is 24.0 Å². The van der Waals surface area contributed by atoms with E-state index in [4.69, 9.17) is 0 Å². The summed E-state index contributed by atoms with van der Waals surface area (Å²) in [5.41, 5.74) is 1.46. The number of anilines is 1. The monoisotopic (exact) mass is 223 g/mol. The quantitative estimate of drug-likeness (QED) is 0.722. The second-order valence-electron chi connectivity index (χ2n) is 4.64. The molecule has 0 amide bonds. The predicted molar refractivity (Wildman–Crippen MR) is 61.9 cm³/mol. The fourth-order valence-electron chi connectivity index (χ4n) is 2.33. The number of hydrogen-bond donors (Lipinski definition) is 1. The van der Waals surface area contributed by atoms with Crippen LogP contribution in [0.4, 0.5) is 10.1 Å². The van der Waals surface area contributed by atoms with Crippen molar-refractivity contribution in [1.82, 2.24) is 0 Å². The zero-order valence-corrected chi connectivity index (χ0v) is 9.37. The maximum atomic E-state index is 13.1. The summed E-state index contributed by atoms with van der Waals surface area (Å²) in [6, 6.07) is 5.05. The molecule has 1 N–H and O–H groups in total. The Morgan fingerprint density at radius 2 is 2.20 bits per heavy atom. The highest BCUT2D eigenvalue weighted by Gasteiger charge is 2.38. The van der Waals surface area contributed by atoms with Gasteiger partial charge in [-0.25, -0.2) is 4.39 Å². The van der Waals surface area contributed by atoms with Crippen molar-refractivity contribution in [2.45, 2.75) is 24.2 Å². The van der Waals surface area contributed by atoms with Gasteiger partial charge in [0.25, 0.3) is 0 Å². The molecule has 1 fully saturated rings. The lowest BCUT2D eigenvalue weighted by molar-refractivity contribution is 0.187. The molecule has 0 bridgehead atoms. The summed E-state index contributed by atoms with van der Waals surface area (Å²) < 4.78 is 13.1. The maximum Gasteiger partial charge on any atom is 0.125 e. The minimum absolute atomic E-state index is 0.147. The van der Waals surface area contributed by atoms with Crippen molar-refractivity contribution in [3.63, 3.8) is 0 Å². The van der Waals surface area contributed by atoms with Crippen molar-refractivity contribution in [1.29, 1.82) is 0 Å². The van der Waals surface area contributed by atoms with E-state index >= 15 is 0 Å². The fourth-order valence-corrected chi connectivity index (χ4v) is 3.63. The van der Waals surface area contributed by atoms with Gasteiger partial charge in [0.15, 0.2) is 0 Å². The molecular weight excluding hydrogens is 209 g/mol. The highest BCUT2D eigenvalue weighted by Crippen LogP contribution is 2.47. The van der Waals surface area contributed by atoms with Crippen LogP contribution in [0.1, 0.15) is 19.3 Å². The molecule has 2 aliphatic rings. The number of halogens is 1. The number of benzene rings is 1. The van der Waals surface area contributed by atoms with Gasteiger partial charge in [-0.05, 0) is 36.5 Å². The smallest absolute Gasteiger partial charge is 0.125 e. The minimum atomic E-state index is -0.147. The summed E-state index contributed by atoms with van der Waals surface area (Å²) in [7, 11) is 0. The van der Waals surface area contributed by atoms with E-state index in [2.05, 4.69) is 5.32 Å². The summed E-state index contributed by atoms with van der Waals surface area (Å²) in [5.74, 6) is 1.03. The SMILES string of the molecule is Fc1ccc2c(c1)NCC1(CCC1)CS2. The molecule has 80 valence electrons. The lowest BCUT2D eigenvalue weighted by Crippen LogP contribution is -2.37. The van der Waals surface area contributed by atoms with E-state index in [0.717, 1.165) is 12.2 Å². The van der Waals surface area contributed by atoms with Crippen LogP contribution in [0.15, 0.2) is 23.1 Å². The molecule has 1 aliphatic carbocycles. The molecule has 0 saturated heterocycles. The molecule has 0 aromatic heterocycles. The van der Waals surface area contributed by atoms with Crippen LogP contribution in [0.2, 0.25) is 0 Å². The fraction of sp³-hybridized carbons (Fsp3) is 0.500. The van der Waals surface area contributed by atoms with Crippen molar-refractivity contribution in [2.24, 2.45) is 5.41 Å². The average molecular weight is 223 g/mol. The van der Waals surface area contributed by atoms with Gasteiger partial charge in [0, 0.05) is 17.2 Å². The molecule has 1 aromatic rings. The van der Waals surface area contributed by atoms with E-state index in [1.54, 1.807) is 12.1 Å². The largest absolute Gasteiger partial charge is 0.383 e. The zero-order chi connectivity index (χ0) is 10.3. The molecule has 1 aromatic carbocycles. The zero-order valence-electron chi connectivity index (χ0n) is 8.55. The molecule has 15 heavy (non-hydrogen) atoms. The van der Waals surface area contributed by atoms with Crippen molar-refractivity contribution in [3.8, 4) is 0 Å². The molecule has 3 rings (SSSR count). The normalized spacial score (nSPS) is 22.5. The molecule has 0 atom stereocenters. The van der Waals surface area contributed by atoms with Crippen LogP contribution in [0.5, 0.6) is 0 Å². The standard InChI is InChI=1S/C12H14FNS/c13-9-2-3-11-10(6-9)14-7-12(8-15-11)4-1-5-12/h2-3,6,14H,1,4-5,7-8H2. The van der Waals surface area contributed by atoms with Crippen LogP contribution in [0.3, 0.4) is 0 Å². The highest BCUT2D eigenvalue weighted by atomic mass is 32.2. The Hall–Kier alpha value is -0.700. The van der Waals surface area contributed by atoms with E-state index in [1.165, 1.54) is 29.9 Å². The van der Waals surface area contributed by atoms with Crippen molar-refractivity contribution >= 4 is 17.4 Å². The van der Waals surface area contributed by atoms with Crippen LogP contribution in [-0.2, 0) is 0 Å². The van der Waals surface area contributed by atoms with Gasteiger partial charge in [0.2, 0.25) is 0 Å². The average Bonchev–Trinajstić information content (AvgIpc) is 2.36. The van der Waals surface area contributed by atoms with Crippen LogP contribution < -0.4 is 5.32 Å². The Bertz CT molecular complexity index is 387. The van der Waals surface area contributed by atoms with Gasteiger partial charge in [-0.15, -0.1) is 11.8 Å². The van der Waals surface area contributed by atoms with Crippen LogP contribution in [0, 0.1) is 11.2 Å². The van der Waals surface area contributed by atoms with E-state index in [9.17, 15) is 4.39 Å². The Morgan fingerprint density at radius 1 is 1.33 bits per heavy atom. The van der Waals surface area contributed by atoms with Gasteiger partial charge in [0.1, 0.15) is 5.82 Å². The van der Waals surface area contributed by atoms with Crippen LogP contribution in [0.25, 0.3) is 0 Å². The Morgan fingerprint density at radius 3 is 2.93 bits per heavy atom. The summed E-state index contributed by atoms with van der Waals surface area (Å²) >= 11 is 1.87. The van der Waals surface area contributed by atoms with Gasteiger partial charge < -0.3 is 5.32 Å². The van der Waals surface area contributed by atoms with E-state index < -0.39 is 0 Å². The van der Waals surface area contributed by atoms with Crippen LogP contribution >= 0.6 is 11.8 Å². The van der Waals surface area contributed by atoms with Gasteiger partial charge in [-0.3, -0.25) is 0 Å². The first kappa shape index (κ1) is 9.52. The lowest BCUT2D eigenvalue weighted by Gasteiger charge is -2.40. The molecule has 0 radical (unpaired) electrons. The first-order valence-electron chi connectivity index (χ1n) is 5.44. The van der Waals surface area contributed by atoms with Crippen molar-refractivity contribution in [2.75, 3.05) is 17.6 Å². The van der Waals surface area contributed by atoms with Gasteiger partial charge >= 0.3 is 0 Å². The molecule has 3 heteroatoms. The Kier molecular flexibility index (Phi) is 2.16. The summed E-state index contributed by atoms with van der Waals surface area (Å²) in [5, 5.41) is 3.40. The summed E-state index contributed by atoms with van der Waals surface area (Å²) in [6.45, 7) is 1.01. The number of rotatable bonds is 0. The van der Waals surface area contributed by atoms with Crippen molar-refractivity contribution < 1.29 is 4.39 Å². The van der Waals surface area contributed by atoms with E-state index in [1.807, 2.05) is 17.8 Å². The second-order valence-corrected chi connectivity index (χ2v) is 5.65. The highest BCUT2D eigenvalue weighted by molar-refractivity contribution is 7.99.